The molecule has 0 atom stereocenters. The number of carbonyl (C=O) groups is 1. The lowest BCUT2D eigenvalue weighted by Gasteiger charge is -2.09. The van der Waals surface area contributed by atoms with Crippen molar-refractivity contribution in [3.8, 4) is 11.4 Å². The molecule has 1 N–H and O–H groups in total. The fraction of sp³-hybridized carbons (Fsp3) is 0.211. The minimum Gasteiger partial charge on any atom is -0.324 e. The Labute approximate surface area is 172 Å². The van der Waals surface area contributed by atoms with Crippen LogP contribution in [0.15, 0.2) is 47.6 Å². The smallest absolute Gasteiger partial charge is 0.234 e. The van der Waals surface area contributed by atoms with Gasteiger partial charge in [-0.15, -0.1) is 10.2 Å². The van der Waals surface area contributed by atoms with Crippen molar-refractivity contribution in [3.05, 3.63) is 58.1 Å². The minimum absolute atomic E-state index is 0.188. The molecule has 5 nitrogen and oxygen atoms in total. The maximum Gasteiger partial charge on any atom is 0.234 e. The normalized spacial score (nSPS) is 10.8. The van der Waals surface area contributed by atoms with Crippen LogP contribution in [-0.4, -0.2) is 26.4 Å². The Bertz CT molecular complexity index is 957. The molecular formula is C19H18Cl2N4OS. The number of amides is 1. The van der Waals surface area contributed by atoms with Crippen molar-refractivity contribution >= 4 is 46.6 Å². The van der Waals surface area contributed by atoms with E-state index in [1.54, 1.807) is 18.2 Å². The molecule has 0 unspecified atom stereocenters. The first-order chi connectivity index (χ1) is 13.0. The number of nitrogens with one attached hydrogen (secondary N) is 1. The molecule has 0 radical (unpaired) electrons. The molecule has 2 aromatic carbocycles. The Morgan fingerprint density at radius 2 is 1.89 bits per heavy atom. The van der Waals surface area contributed by atoms with Crippen LogP contribution in [-0.2, 0) is 11.3 Å². The van der Waals surface area contributed by atoms with Gasteiger partial charge in [-0.3, -0.25) is 4.79 Å². The lowest BCUT2D eigenvalue weighted by Crippen LogP contribution is -2.15. The van der Waals surface area contributed by atoms with Gasteiger partial charge in [-0.05, 0) is 26.0 Å². The Morgan fingerprint density at radius 3 is 2.59 bits per heavy atom. The van der Waals surface area contributed by atoms with E-state index < -0.39 is 0 Å². The molecular weight excluding hydrogens is 403 g/mol. The first-order valence-corrected chi connectivity index (χ1v) is 10.1. The van der Waals surface area contributed by atoms with E-state index in [0.717, 1.165) is 11.4 Å². The largest absolute Gasteiger partial charge is 0.324 e. The third-order valence-corrected chi connectivity index (χ3v) is 5.69. The van der Waals surface area contributed by atoms with E-state index in [1.807, 2.05) is 42.7 Å². The van der Waals surface area contributed by atoms with Crippen molar-refractivity contribution in [3.63, 3.8) is 0 Å². The van der Waals surface area contributed by atoms with Gasteiger partial charge in [0.25, 0.3) is 0 Å². The molecule has 0 aliphatic rings. The highest BCUT2D eigenvalue weighted by molar-refractivity contribution is 7.99. The summed E-state index contributed by atoms with van der Waals surface area (Å²) in [5, 5.41) is 12.7. The molecule has 0 aliphatic heterocycles. The summed E-state index contributed by atoms with van der Waals surface area (Å²) in [6.07, 6.45) is 0. The number of nitrogens with zero attached hydrogens (tertiary/aromatic N) is 3. The summed E-state index contributed by atoms with van der Waals surface area (Å²) in [5.74, 6) is 0.791. The highest BCUT2D eigenvalue weighted by atomic mass is 35.5. The topological polar surface area (TPSA) is 59.8 Å². The fourth-order valence-corrected chi connectivity index (χ4v) is 3.66. The Kier molecular flexibility index (Phi) is 6.42. The molecule has 140 valence electrons. The second kappa shape index (κ2) is 8.78. The number of aromatic nitrogens is 3. The molecule has 8 heteroatoms. The molecule has 0 saturated heterocycles. The number of hydrogen-bond donors (Lipinski definition) is 1. The molecule has 27 heavy (non-hydrogen) atoms. The van der Waals surface area contributed by atoms with Gasteiger partial charge in [0.1, 0.15) is 0 Å². The highest BCUT2D eigenvalue weighted by Gasteiger charge is 2.15. The summed E-state index contributed by atoms with van der Waals surface area (Å²) in [7, 11) is 0. The van der Waals surface area contributed by atoms with Crippen molar-refractivity contribution in [1.29, 1.82) is 0 Å². The number of aryl methyl sites for hydroxylation is 1. The molecule has 1 amide bonds. The van der Waals surface area contributed by atoms with Crippen LogP contribution in [0.4, 0.5) is 5.69 Å². The molecule has 3 aromatic rings. The lowest BCUT2D eigenvalue weighted by atomic mass is 10.1. The summed E-state index contributed by atoms with van der Waals surface area (Å²) < 4.78 is 2.00. The molecule has 0 saturated carbocycles. The maximum absolute atomic E-state index is 12.3. The summed E-state index contributed by atoms with van der Waals surface area (Å²) in [4.78, 5) is 12.3. The number of hydrogen-bond acceptors (Lipinski definition) is 4. The maximum atomic E-state index is 12.3. The van der Waals surface area contributed by atoms with Crippen molar-refractivity contribution in [2.24, 2.45) is 0 Å². The molecule has 0 aliphatic carbocycles. The van der Waals surface area contributed by atoms with Crippen molar-refractivity contribution in [2.45, 2.75) is 25.5 Å². The zero-order chi connectivity index (χ0) is 19.4. The second-order valence-electron chi connectivity index (χ2n) is 5.85. The van der Waals surface area contributed by atoms with Gasteiger partial charge >= 0.3 is 0 Å². The number of thioether (sulfide) groups is 1. The number of carbonyl (C=O) groups excluding carboxylic acids is 1. The molecule has 3 rings (SSSR count). The summed E-state index contributed by atoms with van der Waals surface area (Å²) in [6.45, 7) is 4.78. The van der Waals surface area contributed by atoms with Gasteiger partial charge in [-0.2, -0.15) is 0 Å². The predicted octanol–water partition coefficient (Wildman–Crippen LogP) is 5.31. The number of halogens is 2. The van der Waals surface area contributed by atoms with E-state index in [1.165, 1.54) is 17.3 Å². The third-order valence-electron chi connectivity index (χ3n) is 3.90. The van der Waals surface area contributed by atoms with Crippen molar-refractivity contribution in [1.82, 2.24) is 14.8 Å². The standard InChI is InChI=1S/C19H18Cl2N4OS/c1-3-25-18(13-9-7-12(2)8-10-13)23-24-19(25)27-11-16(26)22-15-6-4-5-14(20)17(15)21/h4-10H,3,11H2,1-2H3,(H,22,26). The van der Waals surface area contributed by atoms with Crippen LogP contribution in [0.1, 0.15) is 12.5 Å². The summed E-state index contributed by atoms with van der Waals surface area (Å²) in [5.41, 5.74) is 2.68. The van der Waals surface area contributed by atoms with Crippen LogP contribution >= 0.6 is 35.0 Å². The van der Waals surface area contributed by atoms with Crippen molar-refractivity contribution < 1.29 is 4.79 Å². The Morgan fingerprint density at radius 1 is 1.15 bits per heavy atom. The zero-order valence-corrected chi connectivity index (χ0v) is 17.2. The number of anilines is 1. The van der Waals surface area contributed by atoms with E-state index in [9.17, 15) is 4.79 Å². The SMILES string of the molecule is CCn1c(SCC(=O)Nc2cccc(Cl)c2Cl)nnc1-c1ccc(C)cc1. The third kappa shape index (κ3) is 4.64. The quantitative estimate of drug-likeness (QED) is 0.548. The van der Waals surface area contributed by atoms with Crippen LogP contribution in [0.2, 0.25) is 10.0 Å². The van der Waals surface area contributed by atoms with Gasteiger partial charge in [-0.25, -0.2) is 0 Å². The van der Waals surface area contributed by atoms with E-state index in [-0.39, 0.29) is 11.7 Å². The number of rotatable bonds is 6. The van der Waals surface area contributed by atoms with Gasteiger partial charge in [-0.1, -0.05) is 70.9 Å². The van der Waals surface area contributed by atoms with E-state index in [4.69, 9.17) is 23.2 Å². The average Bonchev–Trinajstić information content (AvgIpc) is 3.07. The van der Waals surface area contributed by atoms with Crippen LogP contribution in [0.5, 0.6) is 0 Å². The zero-order valence-electron chi connectivity index (χ0n) is 14.9. The Hall–Kier alpha value is -2.02. The molecule has 1 heterocycles. The monoisotopic (exact) mass is 420 g/mol. The van der Waals surface area contributed by atoms with Gasteiger partial charge in [0, 0.05) is 12.1 Å². The van der Waals surface area contributed by atoms with Gasteiger partial charge in [0.05, 0.1) is 21.5 Å². The molecule has 0 fully saturated rings. The van der Waals surface area contributed by atoms with Gasteiger partial charge < -0.3 is 9.88 Å². The second-order valence-corrected chi connectivity index (χ2v) is 7.58. The highest BCUT2D eigenvalue weighted by Crippen LogP contribution is 2.30. The van der Waals surface area contributed by atoms with Crippen LogP contribution in [0.3, 0.4) is 0 Å². The first kappa shape index (κ1) is 19.7. The van der Waals surface area contributed by atoms with Crippen LogP contribution in [0, 0.1) is 6.92 Å². The number of benzene rings is 2. The van der Waals surface area contributed by atoms with Gasteiger partial charge in [0.15, 0.2) is 11.0 Å². The molecule has 0 bridgehead atoms. The Balaban J connectivity index is 1.70. The molecule has 0 spiro atoms. The average molecular weight is 421 g/mol. The first-order valence-electron chi connectivity index (χ1n) is 8.36. The lowest BCUT2D eigenvalue weighted by molar-refractivity contribution is -0.113. The van der Waals surface area contributed by atoms with Crippen molar-refractivity contribution in [2.75, 3.05) is 11.1 Å². The minimum atomic E-state index is -0.188. The predicted molar refractivity (Wildman–Crippen MR) is 112 cm³/mol. The molecule has 1 aromatic heterocycles. The summed E-state index contributed by atoms with van der Waals surface area (Å²) >= 11 is 13.4. The van der Waals surface area contributed by atoms with Gasteiger partial charge in [0.2, 0.25) is 5.91 Å². The summed E-state index contributed by atoms with van der Waals surface area (Å²) in [6, 6.07) is 13.2. The van der Waals surface area contributed by atoms with E-state index in [2.05, 4.69) is 15.5 Å². The van der Waals surface area contributed by atoms with Crippen LogP contribution in [0.25, 0.3) is 11.4 Å². The van der Waals surface area contributed by atoms with Crippen LogP contribution < -0.4 is 5.32 Å². The fourth-order valence-electron chi connectivity index (χ4n) is 2.51. The van der Waals surface area contributed by atoms with E-state index >= 15 is 0 Å². The van der Waals surface area contributed by atoms with E-state index in [0.29, 0.717) is 27.4 Å².